The fourth-order valence-electron chi connectivity index (χ4n) is 2.08. The SMILES string of the molecule is O=C(NCc1cccs1)N(Cc1ccoc1)Cc1cccs1. The van der Waals surface area contributed by atoms with Crippen LogP contribution in [-0.2, 0) is 19.6 Å². The summed E-state index contributed by atoms with van der Waals surface area (Å²) in [6, 6.07) is 9.86. The molecule has 0 saturated heterocycles. The van der Waals surface area contributed by atoms with Crippen LogP contribution >= 0.6 is 22.7 Å². The second-order valence-electron chi connectivity index (χ2n) is 4.81. The van der Waals surface area contributed by atoms with Gasteiger partial charge in [0.1, 0.15) is 0 Å². The summed E-state index contributed by atoms with van der Waals surface area (Å²) in [6.07, 6.45) is 3.30. The first-order chi connectivity index (χ1) is 10.8. The third-order valence-corrected chi connectivity index (χ3v) is 4.90. The Morgan fingerprint density at radius 1 is 1.09 bits per heavy atom. The molecule has 6 heteroatoms. The molecule has 2 amide bonds. The van der Waals surface area contributed by atoms with Crippen molar-refractivity contribution in [3.8, 4) is 0 Å². The van der Waals surface area contributed by atoms with E-state index in [0.29, 0.717) is 19.6 Å². The Bertz CT molecular complexity index is 640. The van der Waals surface area contributed by atoms with E-state index < -0.39 is 0 Å². The molecule has 0 unspecified atom stereocenters. The predicted octanol–water partition coefficient (Wildman–Crippen LogP) is 4.31. The number of hydrogen-bond donors (Lipinski definition) is 1. The second-order valence-corrected chi connectivity index (χ2v) is 6.87. The van der Waals surface area contributed by atoms with Crippen LogP contribution in [0.1, 0.15) is 15.3 Å². The van der Waals surface area contributed by atoms with Crippen LogP contribution in [0.25, 0.3) is 0 Å². The topological polar surface area (TPSA) is 45.5 Å². The molecule has 0 fully saturated rings. The fourth-order valence-corrected chi connectivity index (χ4v) is 3.44. The van der Waals surface area contributed by atoms with Crippen LogP contribution in [0.2, 0.25) is 0 Å². The van der Waals surface area contributed by atoms with Crippen molar-refractivity contribution in [2.45, 2.75) is 19.6 Å². The van der Waals surface area contributed by atoms with Gasteiger partial charge in [-0.25, -0.2) is 4.79 Å². The third-order valence-electron chi connectivity index (χ3n) is 3.16. The van der Waals surface area contributed by atoms with E-state index in [4.69, 9.17) is 4.42 Å². The summed E-state index contributed by atoms with van der Waals surface area (Å²) in [4.78, 5) is 16.6. The molecular formula is C16H16N2O2S2. The van der Waals surface area contributed by atoms with Crippen LogP contribution in [0.5, 0.6) is 0 Å². The monoisotopic (exact) mass is 332 g/mol. The molecule has 3 rings (SSSR count). The van der Waals surface area contributed by atoms with Crippen molar-refractivity contribution in [2.75, 3.05) is 0 Å². The number of carbonyl (C=O) groups is 1. The minimum Gasteiger partial charge on any atom is -0.472 e. The summed E-state index contributed by atoms with van der Waals surface area (Å²) in [7, 11) is 0. The van der Waals surface area contributed by atoms with Gasteiger partial charge in [0.05, 0.1) is 32.2 Å². The minimum absolute atomic E-state index is 0.0667. The summed E-state index contributed by atoms with van der Waals surface area (Å²) >= 11 is 3.30. The van der Waals surface area contributed by atoms with E-state index in [2.05, 4.69) is 5.32 Å². The molecule has 0 bridgehead atoms. The summed E-state index contributed by atoms with van der Waals surface area (Å²) in [5, 5.41) is 7.01. The lowest BCUT2D eigenvalue weighted by atomic mass is 10.3. The fraction of sp³-hybridized carbons (Fsp3) is 0.188. The Labute approximate surface area is 137 Å². The van der Waals surface area contributed by atoms with Crippen LogP contribution in [0.3, 0.4) is 0 Å². The van der Waals surface area contributed by atoms with Crippen molar-refractivity contribution >= 4 is 28.7 Å². The number of urea groups is 1. The van der Waals surface area contributed by atoms with Crippen molar-refractivity contribution in [3.05, 3.63) is 68.9 Å². The maximum absolute atomic E-state index is 12.5. The highest BCUT2D eigenvalue weighted by Crippen LogP contribution is 2.15. The zero-order valence-electron chi connectivity index (χ0n) is 11.9. The lowest BCUT2D eigenvalue weighted by Crippen LogP contribution is -2.38. The van der Waals surface area contributed by atoms with Crippen molar-refractivity contribution < 1.29 is 9.21 Å². The molecule has 22 heavy (non-hydrogen) atoms. The Balaban J connectivity index is 1.64. The number of hydrogen-bond acceptors (Lipinski definition) is 4. The van der Waals surface area contributed by atoms with Crippen molar-refractivity contribution in [1.82, 2.24) is 10.2 Å². The molecule has 0 atom stereocenters. The third kappa shape index (κ3) is 3.99. The zero-order chi connectivity index (χ0) is 15.2. The van der Waals surface area contributed by atoms with Gasteiger partial charge in [0.15, 0.2) is 0 Å². The van der Waals surface area contributed by atoms with Gasteiger partial charge in [-0.3, -0.25) is 0 Å². The lowest BCUT2D eigenvalue weighted by molar-refractivity contribution is 0.192. The standard InChI is InChI=1S/C16H16N2O2S2/c19-16(17-9-14-3-1-7-21-14)18(10-13-5-6-20-12-13)11-15-4-2-8-22-15/h1-8,12H,9-11H2,(H,17,19). The van der Waals surface area contributed by atoms with Crippen LogP contribution in [-0.4, -0.2) is 10.9 Å². The molecule has 0 aliphatic heterocycles. The molecule has 3 aromatic rings. The highest BCUT2D eigenvalue weighted by Gasteiger charge is 2.15. The quantitative estimate of drug-likeness (QED) is 0.731. The largest absolute Gasteiger partial charge is 0.472 e. The normalized spacial score (nSPS) is 10.5. The molecule has 0 saturated carbocycles. The number of nitrogens with one attached hydrogen (secondary N) is 1. The molecule has 1 N–H and O–H groups in total. The maximum atomic E-state index is 12.5. The van der Waals surface area contributed by atoms with Gasteiger partial charge in [0.25, 0.3) is 0 Å². The molecule has 3 aromatic heterocycles. The first kappa shape index (κ1) is 14.9. The maximum Gasteiger partial charge on any atom is 0.318 e. The number of amides is 2. The number of thiophene rings is 2. The Morgan fingerprint density at radius 2 is 1.86 bits per heavy atom. The summed E-state index contributed by atoms with van der Waals surface area (Å²) in [5.41, 5.74) is 0.989. The van der Waals surface area contributed by atoms with E-state index in [-0.39, 0.29) is 6.03 Å². The van der Waals surface area contributed by atoms with Gasteiger partial charge in [-0.2, -0.15) is 0 Å². The van der Waals surface area contributed by atoms with Gasteiger partial charge in [-0.05, 0) is 29.0 Å². The molecule has 114 valence electrons. The average molecular weight is 332 g/mol. The van der Waals surface area contributed by atoms with Gasteiger partial charge < -0.3 is 14.6 Å². The lowest BCUT2D eigenvalue weighted by Gasteiger charge is -2.22. The summed E-state index contributed by atoms with van der Waals surface area (Å²) < 4.78 is 5.10. The van der Waals surface area contributed by atoms with Crippen molar-refractivity contribution in [1.29, 1.82) is 0 Å². The van der Waals surface area contributed by atoms with Crippen LogP contribution < -0.4 is 5.32 Å². The number of furan rings is 1. The van der Waals surface area contributed by atoms with Gasteiger partial charge >= 0.3 is 6.03 Å². The van der Waals surface area contributed by atoms with E-state index in [0.717, 1.165) is 15.3 Å². The minimum atomic E-state index is -0.0667. The van der Waals surface area contributed by atoms with Gasteiger partial charge in [0.2, 0.25) is 0 Å². The highest BCUT2D eigenvalue weighted by atomic mass is 32.1. The molecule has 3 heterocycles. The van der Waals surface area contributed by atoms with Gasteiger partial charge in [-0.15, -0.1) is 22.7 Å². The van der Waals surface area contributed by atoms with E-state index in [1.165, 1.54) is 0 Å². The second kappa shape index (κ2) is 7.29. The molecule has 4 nitrogen and oxygen atoms in total. The summed E-state index contributed by atoms with van der Waals surface area (Å²) in [6.45, 7) is 1.69. The molecule has 0 spiro atoms. The Kier molecular flexibility index (Phi) is 4.92. The number of rotatable bonds is 6. The molecule has 0 aromatic carbocycles. The van der Waals surface area contributed by atoms with Gasteiger partial charge in [-0.1, -0.05) is 12.1 Å². The van der Waals surface area contributed by atoms with Crippen LogP contribution in [0, 0.1) is 0 Å². The summed E-state index contributed by atoms with van der Waals surface area (Å²) in [5.74, 6) is 0. The smallest absolute Gasteiger partial charge is 0.318 e. The van der Waals surface area contributed by atoms with E-state index in [1.807, 2.05) is 41.1 Å². The number of carbonyl (C=O) groups excluding carboxylic acids is 1. The first-order valence-corrected chi connectivity index (χ1v) is 8.66. The van der Waals surface area contributed by atoms with E-state index >= 15 is 0 Å². The predicted molar refractivity (Wildman–Crippen MR) is 88.8 cm³/mol. The average Bonchev–Trinajstić information content (AvgIpc) is 3.27. The molecule has 0 radical (unpaired) electrons. The van der Waals surface area contributed by atoms with Crippen LogP contribution in [0.15, 0.2) is 58.0 Å². The van der Waals surface area contributed by atoms with Crippen molar-refractivity contribution in [2.24, 2.45) is 0 Å². The van der Waals surface area contributed by atoms with Gasteiger partial charge in [0, 0.05) is 15.3 Å². The molecular weight excluding hydrogens is 316 g/mol. The van der Waals surface area contributed by atoms with Crippen molar-refractivity contribution in [3.63, 3.8) is 0 Å². The van der Waals surface area contributed by atoms with E-state index in [9.17, 15) is 4.79 Å². The van der Waals surface area contributed by atoms with Crippen LogP contribution in [0.4, 0.5) is 4.79 Å². The first-order valence-electron chi connectivity index (χ1n) is 6.90. The molecule has 0 aliphatic carbocycles. The Morgan fingerprint density at radius 3 is 2.50 bits per heavy atom. The Hall–Kier alpha value is -2.05. The molecule has 0 aliphatic rings. The highest BCUT2D eigenvalue weighted by molar-refractivity contribution is 7.10. The number of nitrogens with zero attached hydrogens (tertiary/aromatic N) is 1. The van der Waals surface area contributed by atoms with E-state index in [1.54, 1.807) is 40.1 Å². The zero-order valence-corrected chi connectivity index (χ0v) is 13.5.